The Morgan fingerprint density at radius 1 is 0.438 bits per heavy atom. The van der Waals surface area contributed by atoms with Crippen LogP contribution >= 0.6 is 35.9 Å². The number of nitrogens with two attached hydrogens (primary N) is 5. The van der Waals surface area contributed by atoms with Crippen molar-refractivity contribution in [1.82, 2.24) is 87.2 Å². The molecule has 15 rings (SSSR count). The molecular weight excluding hydrogens is 2110 g/mol. The van der Waals surface area contributed by atoms with E-state index in [0.29, 0.717) is 12.1 Å². The Labute approximate surface area is 842 Å². The van der Waals surface area contributed by atoms with Gasteiger partial charge in [-0.2, -0.15) is 15.0 Å². The molecule has 0 spiro atoms. The van der Waals surface area contributed by atoms with E-state index in [1.54, 1.807) is 11.5 Å². The Morgan fingerprint density at radius 3 is 1.39 bits per heavy atom. The van der Waals surface area contributed by atoms with Crippen LogP contribution in [0.25, 0.3) is 33.5 Å². The van der Waals surface area contributed by atoms with Gasteiger partial charge in [-0.3, -0.25) is 60.7 Å². The monoisotopic (exact) mass is 2210 g/mol. The molecule has 15 heterocycles. The van der Waals surface area contributed by atoms with Gasteiger partial charge >= 0.3 is 17.1 Å². The molecule has 13 N–H and O–H groups in total. The highest BCUT2D eigenvalue weighted by molar-refractivity contribution is 8.32. The van der Waals surface area contributed by atoms with E-state index < -0.39 is 251 Å². The highest BCUT2D eigenvalue weighted by Gasteiger charge is 2.57. The van der Waals surface area contributed by atoms with Gasteiger partial charge in [0.25, 0.3) is 26.8 Å². The number of hydrogen-bond donors (Lipinski definition) is 8. The second-order valence-corrected chi connectivity index (χ2v) is 44.6. The van der Waals surface area contributed by atoms with Crippen LogP contribution in [0.5, 0.6) is 0 Å². The Bertz CT molecular complexity index is 6640. The minimum absolute atomic E-state index is 0.00487. The van der Waals surface area contributed by atoms with Gasteiger partial charge in [0.05, 0.1) is 123 Å². The van der Waals surface area contributed by atoms with Crippen LogP contribution in [-0.2, 0) is 166 Å². The minimum atomic E-state index is -6.12. The fraction of sp³-hybridized carbons (Fsp3) is 0.649. The van der Waals surface area contributed by atoms with E-state index >= 15 is 28.4 Å². The number of rotatable bonds is 52. The number of aliphatic hydroxyl groups is 1. The van der Waals surface area contributed by atoms with Crippen molar-refractivity contribution < 1.29 is 155 Å². The molecule has 69 heteroatoms. The molecule has 146 heavy (non-hydrogen) atoms. The number of aryl methyl sites for hydroxylation is 3. The summed E-state index contributed by atoms with van der Waals surface area (Å²) in [7, 11) is -5.43. The average molecular weight is 2210 g/mol. The van der Waals surface area contributed by atoms with Crippen molar-refractivity contribution in [2.75, 3.05) is 157 Å². The Balaban J connectivity index is 0.724. The maximum atomic E-state index is 15.7. The molecule has 6 fully saturated rings. The minimum Gasteiger partial charge on any atom is -0.780 e. The van der Waals surface area contributed by atoms with E-state index in [2.05, 4.69) is 59.8 Å². The molecule has 0 aliphatic carbocycles. The number of phosphoric ester groups is 2. The molecule has 9 aromatic rings. The van der Waals surface area contributed by atoms with Gasteiger partial charge in [-0.15, -0.1) is 0 Å². The number of aromatic nitrogens is 18. The molecule has 0 aromatic carbocycles. The number of nitrogens with one attached hydrogen (secondary N) is 2. The number of hydrogen-bond acceptors (Lipinski definition) is 56. The van der Waals surface area contributed by atoms with Gasteiger partial charge in [0, 0.05) is 89.8 Å². The lowest BCUT2D eigenvalue weighted by molar-refractivity contribution is -0.239. The molecule has 0 bridgehead atoms. The number of H-pyrrole nitrogens is 2. The molecule has 6 aliphatic heterocycles. The average Bonchev–Trinajstić information content (AvgIpc) is 1.59. The van der Waals surface area contributed by atoms with Gasteiger partial charge in [-0.1, -0.05) is 30.5 Å². The van der Waals surface area contributed by atoms with Crippen molar-refractivity contribution in [2.45, 2.75) is 188 Å². The molecular formula is C77H107N23O38P5S3-5. The van der Waals surface area contributed by atoms with Gasteiger partial charge in [-0.25, -0.2) is 49.3 Å². The standard InChI is InChI=1S/C77H112N23O38P5S3/c1-10-40-41(22-47(128-40)98-33-87-48-62(80)83-31-85-64(48)98)134-141(111,144)126-29-45-53(57(120-19-15-116-7)71(131-45)96-24-37(3)61(79)91-76(96)105)135-140(109,110)124-28-44-55(59(122-21-17-118-9)72(132-44)99-34-88-49-63(81)84-32-86-65(49)99)138-143(113,146)127-30-46-54(58(121-20-16-117-8)73(133-46)100-35-89-50-66(100)92-74(82)93-68(50)103)136-139(107,108)123-27-43-52(39(12-11-13-114-5)69(130-43)95-23-36(2)60(78)90-75(95)104)137-142(112,145)125-26-42-51(101)56(119-18-14-115-6)70(129-42)97-25-38(4)67(102)94-77(97)106/h23-25,31-35,39-47,51-59,69-73,101H,10-22,26-30H2,1-9H3,(H,107,108)(H,109,110)(H,111,144)(H,112,145)(H,113,146)(H2,78,90,104)(H2,79,91,105)(H2,80,83,85)(H2,81,84,86)(H,94,102,106)(H3,82,92,93,103)/p-5/t39?,40-,41-,42-,43-,44-,45-,46-,47-,51+,52-,53+,54+,55+,56?,57?,58?,59?,69-,70-,71-,72-,73-,141?,142?,143?/m1/s1. The number of nitrogens with zero attached hydrogens (tertiary/aromatic N) is 16. The highest BCUT2D eigenvalue weighted by atomic mass is 32.7. The largest absolute Gasteiger partial charge is 0.780 e. The van der Waals surface area contributed by atoms with Crippen LogP contribution in [0, 0.1) is 26.7 Å². The predicted octanol–water partition coefficient (Wildman–Crippen LogP) is -2.82. The van der Waals surface area contributed by atoms with Crippen LogP contribution < -0.4 is 76.4 Å². The maximum absolute atomic E-state index is 15.7. The van der Waals surface area contributed by atoms with Crippen LogP contribution in [0.1, 0.15) is 86.7 Å². The van der Waals surface area contributed by atoms with Gasteiger partial charge in [0.15, 0.2) is 65.8 Å². The summed E-state index contributed by atoms with van der Waals surface area (Å²) in [5.41, 5.74) is 26.6. The van der Waals surface area contributed by atoms with Crippen LogP contribution in [-0.4, -0.2) is 318 Å². The number of fused-ring (bicyclic) bond motifs is 3. The number of aromatic amines is 2. The fourth-order valence-electron chi connectivity index (χ4n) is 17.2. The molecule has 0 saturated carbocycles. The molecule has 6 aliphatic rings. The zero-order valence-corrected chi connectivity index (χ0v) is 86.1. The quantitative estimate of drug-likeness (QED) is 0.0108. The molecule has 9 aromatic heterocycles. The third-order valence-corrected chi connectivity index (χ3v) is 30.7. The van der Waals surface area contributed by atoms with Crippen molar-refractivity contribution in [3.8, 4) is 0 Å². The lowest BCUT2D eigenvalue weighted by Gasteiger charge is -2.36. The van der Waals surface area contributed by atoms with Crippen LogP contribution in [0.4, 0.5) is 29.2 Å². The lowest BCUT2D eigenvalue weighted by Crippen LogP contribution is -2.42. The molecule has 6 saturated heterocycles. The summed E-state index contributed by atoms with van der Waals surface area (Å²) in [5.74, 6) is -2.04. The van der Waals surface area contributed by atoms with Crippen molar-refractivity contribution in [3.63, 3.8) is 0 Å². The van der Waals surface area contributed by atoms with Crippen LogP contribution in [0.2, 0.25) is 0 Å². The molecule has 806 valence electrons. The van der Waals surface area contributed by atoms with Crippen molar-refractivity contribution >= 4 is 134 Å². The number of ether oxygens (including phenoxy) is 15. The van der Waals surface area contributed by atoms with Gasteiger partial charge in [0.1, 0.15) is 141 Å². The van der Waals surface area contributed by atoms with E-state index in [1.807, 2.05) is 0 Å². The zero-order valence-electron chi connectivity index (χ0n) is 79.2. The summed E-state index contributed by atoms with van der Waals surface area (Å²) in [4.78, 5) is 174. The Kier molecular flexibility index (Phi) is 37.1. The fourth-order valence-corrected chi connectivity index (χ4v) is 23.4. The van der Waals surface area contributed by atoms with Gasteiger partial charge in [-0.05, 0) is 40.0 Å². The van der Waals surface area contributed by atoms with Crippen molar-refractivity contribution in [2.24, 2.45) is 5.92 Å². The van der Waals surface area contributed by atoms with Gasteiger partial charge < -0.3 is 182 Å². The molecule has 0 amide bonds. The normalized spacial score (nSPS) is 29.1. The van der Waals surface area contributed by atoms with E-state index in [-0.39, 0.29) is 140 Å². The third-order valence-electron chi connectivity index (χ3n) is 24.1. The molecule has 10 unspecified atom stereocenters. The maximum Gasteiger partial charge on any atom is 0.351 e. The number of methoxy groups -OCH3 is 5. The van der Waals surface area contributed by atoms with E-state index in [4.69, 9.17) is 181 Å². The smallest absolute Gasteiger partial charge is 0.351 e. The van der Waals surface area contributed by atoms with Crippen LogP contribution in [0.3, 0.4) is 0 Å². The number of imidazole rings is 3. The van der Waals surface area contributed by atoms with Crippen molar-refractivity contribution in [3.05, 3.63) is 119 Å². The SMILES string of the molecule is CC[C@H]1O[C@@H](n2cnc3c(N)ncnc32)C[C@H]1OP([O-])(=S)OC[C@H]1O[C@@H](n2cc(C)c(N)nc2=O)C(OCCOC)[C@H]1OP(=O)([O-])OC[C@H]1O[C@@H](n2cnc3c(N)ncnc32)C(OCCOC)[C@H]1OP(=O)([S-])OC[C@H]1O[C@@H](n2cnc3c(=O)[nH]c(N)nc32)C(OCCOC)[C@H]1OP(=O)([O-])OC[C@H]1O[C@@H](n2cc(C)c(N)nc2=O)C(CCCOC)[C@H]1OP([O-])(=S)OC[C@H]1O[C@@H](n2cc(C)c(=O)[nH]c2=O)C(OCCOC)[C@H]1O. The number of anilines is 5. The Morgan fingerprint density at radius 2 is 0.863 bits per heavy atom. The second-order valence-electron chi connectivity index (χ2n) is 33.8. The Hall–Kier alpha value is -7.97. The molecule has 0 radical (unpaired) electrons. The van der Waals surface area contributed by atoms with Crippen LogP contribution in [0.15, 0.2) is 74.2 Å². The molecule has 61 nitrogen and oxygen atoms in total. The summed E-state index contributed by atoms with van der Waals surface area (Å²) >= 11 is 16.8. The first-order valence-corrected chi connectivity index (χ1v) is 55.5. The summed E-state index contributed by atoms with van der Waals surface area (Å²) in [6.45, 7) is -16.1. The number of aliphatic hydroxyl groups excluding tert-OH is 1. The predicted molar refractivity (Wildman–Crippen MR) is 502 cm³/mol. The topological polar surface area (TPSA) is 800 Å². The van der Waals surface area contributed by atoms with Crippen molar-refractivity contribution in [1.29, 1.82) is 0 Å². The summed E-state index contributed by atoms with van der Waals surface area (Å²) in [6.07, 6.45) is -25.5. The third kappa shape index (κ3) is 26.0. The second kappa shape index (κ2) is 48.3. The van der Waals surface area contributed by atoms with E-state index in [9.17, 15) is 34.0 Å². The summed E-state index contributed by atoms with van der Waals surface area (Å²) in [5, 5.41) is 11.8. The first kappa shape index (κ1) is 112. The first-order chi connectivity index (χ1) is 69.6. The lowest BCUT2D eigenvalue weighted by atomic mass is 9.94. The molecule has 28 atom stereocenters. The van der Waals surface area contributed by atoms with Gasteiger partial charge in [0.2, 0.25) is 5.95 Å². The zero-order chi connectivity index (χ0) is 105. The van der Waals surface area contributed by atoms with E-state index in [0.717, 1.165) is 30.9 Å². The number of nitrogen functional groups attached to an aromatic ring is 5. The summed E-state index contributed by atoms with van der Waals surface area (Å²) < 4.78 is 203. The highest BCUT2D eigenvalue weighted by Crippen LogP contribution is 2.57. The summed E-state index contributed by atoms with van der Waals surface area (Å²) in [6, 6.07) is 0. The number of phosphoric acid groups is 2. The first-order valence-electron chi connectivity index (χ1n) is 44.9. The van der Waals surface area contributed by atoms with E-state index in [1.165, 1.54) is 98.5 Å².